The molecule has 0 unspecified atom stereocenters. The van der Waals surface area contributed by atoms with Gasteiger partial charge in [-0.05, 0) is 33.6 Å². The van der Waals surface area contributed by atoms with Crippen molar-refractivity contribution < 1.29 is 4.74 Å². The van der Waals surface area contributed by atoms with Gasteiger partial charge in [-0.25, -0.2) is 9.97 Å². The molecule has 0 amide bonds. The Hall–Kier alpha value is -0.940. The van der Waals surface area contributed by atoms with Gasteiger partial charge in [-0.2, -0.15) is 0 Å². The smallest absolute Gasteiger partial charge is 0.231 e. The van der Waals surface area contributed by atoms with E-state index in [0.717, 1.165) is 14.5 Å². The third-order valence-corrected chi connectivity index (χ3v) is 3.00. The van der Waals surface area contributed by atoms with E-state index >= 15 is 0 Å². The first-order valence-corrected chi connectivity index (χ1v) is 6.17. The maximum Gasteiger partial charge on any atom is 0.231 e. The van der Waals surface area contributed by atoms with Crippen molar-refractivity contribution in [3.05, 3.63) is 51.3 Å². The first-order valence-electron chi connectivity index (χ1n) is 4.58. The van der Waals surface area contributed by atoms with Gasteiger partial charge in [0.05, 0.1) is 4.47 Å². The largest absolute Gasteiger partial charge is 0.472 e. The van der Waals surface area contributed by atoms with Crippen LogP contribution in [0.5, 0.6) is 5.88 Å². The van der Waals surface area contributed by atoms with E-state index in [9.17, 15) is 0 Å². The lowest BCUT2D eigenvalue weighted by molar-refractivity contribution is 0.291. The SMILES string of the molecule is Brc1ccc(COc2ncncc2Br)cc1. The van der Waals surface area contributed by atoms with Crippen molar-refractivity contribution in [2.24, 2.45) is 0 Å². The molecule has 1 aromatic carbocycles. The number of rotatable bonds is 3. The van der Waals surface area contributed by atoms with Crippen LogP contribution in [0.25, 0.3) is 0 Å². The highest BCUT2D eigenvalue weighted by Crippen LogP contribution is 2.21. The van der Waals surface area contributed by atoms with Gasteiger partial charge in [0, 0.05) is 10.7 Å². The molecular formula is C11H8Br2N2O. The van der Waals surface area contributed by atoms with Crippen LogP contribution in [0.1, 0.15) is 5.56 Å². The lowest BCUT2D eigenvalue weighted by Crippen LogP contribution is -1.98. The molecule has 0 bridgehead atoms. The van der Waals surface area contributed by atoms with Crippen molar-refractivity contribution in [2.45, 2.75) is 6.61 Å². The molecule has 1 heterocycles. The molecule has 0 aliphatic carbocycles. The van der Waals surface area contributed by atoms with Gasteiger partial charge in [-0.1, -0.05) is 28.1 Å². The second-order valence-corrected chi connectivity index (χ2v) is 4.86. The van der Waals surface area contributed by atoms with Crippen LogP contribution in [-0.4, -0.2) is 9.97 Å². The zero-order valence-corrected chi connectivity index (χ0v) is 11.4. The van der Waals surface area contributed by atoms with Crippen LogP contribution in [0.15, 0.2) is 45.7 Å². The number of aromatic nitrogens is 2. The number of hydrogen-bond donors (Lipinski definition) is 0. The number of benzene rings is 1. The number of halogens is 2. The summed E-state index contributed by atoms with van der Waals surface area (Å²) in [5.74, 6) is 0.554. The van der Waals surface area contributed by atoms with Crippen LogP contribution in [-0.2, 0) is 6.61 Å². The molecule has 0 aliphatic heterocycles. The Bertz CT molecular complexity index is 474. The topological polar surface area (TPSA) is 35.0 Å². The third-order valence-electron chi connectivity index (χ3n) is 1.92. The second-order valence-electron chi connectivity index (χ2n) is 3.09. The van der Waals surface area contributed by atoms with Gasteiger partial charge in [0.1, 0.15) is 12.9 Å². The zero-order valence-electron chi connectivity index (χ0n) is 8.23. The van der Waals surface area contributed by atoms with Gasteiger partial charge < -0.3 is 4.74 Å². The Morgan fingerprint density at radius 2 is 1.88 bits per heavy atom. The highest BCUT2D eigenvalue weighted by molar-refractivity contribution is 9.10. The highest BCUT2D eigenvalue weighted by atomic mass is 79.9. The van der Waals surface area contributed by atoms with E-state index in [4.69, 9.17) is 4.74 Å². The maximum absolute atomic E-state index is 5.55. The molecule has 3 nitrogen and oxygen atoms in total. The third kappa shape index (κ3) is 3.02. The Morgan fingerprint density at radius 1 is 1.12 bits per heavy atom. The summed E-state index contributed by atoms with van der Waals surface area (Å²) in [6, 6.07) is 7.96. The lowest BCUT2D eigenvalue weighted by Gasteiger charge is -2.06. The molecule has 0 aliphatic rings. The molecule has 2 rings (SSSR count). The molecule has 0 saturated carbocycles. The monoisotopic (exact) mass is 342 g/mol. The number of hydrogen-bond acceptors (Lipinski definition) is 3. The van der Waals surface area contributed by atoms with Crippen molar-refractivity contribution in [1.29, 1.82) is 0 Å². The molecule has 1 aromatic heterocycles. The van der Waals surface area contributed by atoms with Crippen molar-refractivity contribution in [3.63, 3.8) is 0 Å². The van der Waals surface area contributed by atoms with Crippen molar-refractivity contribution in [1.82, 2.24) is 9.97 Å². The van der Waals surface area contributed by atoms with Gasteiger partial charge in [0.2, 0.25) is 5.88 Å². The Balaban J connectivity index is 2.02. The van der Waals surface area contributed by atoms with Crippen molar-refractivity contribution in [2.75, 3.05) is 0 Å². The minimum Gasteiger partial charge on any atom is -0.472 e. The summed E-state index contributed by atoms with van der Waals surface area (Å²) in [6.07, 6.45) is 3.12. The standard InChI is InChI=1S/C11H8Br2N2O/c12-9-3-1-8(2-4-9)6-16-11-10(13)5-14-7-15-11/h1-5,7H,6H2. The first kappa shape index (κ1) is 11.5. The van der Waals surface area contributed by atoms with Crippen LogP contribution in [0.2, 0.25) is 0 Å². The summed E-state index contributed by atoms with van der Waals surface area (Å²) in [5, 5.41) is 0. The second kappa shape index (κ2) is 5.41. The Kier molecular flexibility index (Phi) is 3.90. The minimum absolute atomic E-state index is 0.489. The summed E-state index contributed by atoms with van der Waals surface area (Å²) in [7, 11) is 0. The lowest BCUT2D eigenvalue weighted by atomic mass is 10.2. The molecule has 82 valence electrons. The summed E-state index contributed by atoms with van der Waals surface area (Å²) in [4.78, 5) is 7.89. The van der Waals surface area contributed by atoms with Gasteiger partial charge >= 0.3 is 0 Å². The van der Waals surface area contributed by atoms with E-state index in [1.807, 2.05) is 24.3 Å². The highest BCUT2D eigenvalue weighted by Gasteiger charge is 2.02. The minimum atomic E-state index is 0.489. The normalized spacial score (nSPS) is 10.1. The molecule has 16 heavy (non-hydrogen) atoms. The molecule has 0 atom stereocenters. The van der Waals surface area contributed by atoms with Gasteiger partial charge in [0.15, 0.2) is 0 Å². The quantitative estimate of drug-likeness (QED) is 0.854. The summed E-state index contributed by atoms with van der Waals surface area (Å²) in [5.41, 5.74) is 1.09. The predicted octanol–water partition coefficient (Wildman–Crippen LogP) is 3.58. The van der Waals surface area contributed by atoms with E-state index in [1.165, 1.54) is 6.33 Å². The predicted molar refractivity (Wildman–Crippen MR) is 68.2 cm³/mol. The van der Waals surface area contributed by atoms with E-state index in [-0.39, 0.29) is 0 Å². The average Bonchev–Trinajstić information content (AvgIpc) is 2.30. The van der Waals surface area contributed by atoms with Gasteiger partial charge in [0.25, 0.3) is 0 Å². The molecule has 2 aromatic rings. The van der Waals surface area contributed by atoms with E-state index in [2.05, 4.69) is 41.8 Å². The fourth-order valence-corrected chi connectivity index (χ4v) is 1.74. The molecule has 5 heteroatoms. The van der Waals surface area contributed by atoms with Crippen LogP contribution in [0.4, 0.5) is 0 Å². The molecule has 0 N–H and O–H groups in total. The van der Waals surface area contributed by atoms with E-state index < -0.39 is 0 Å². The summed E-state index contributed by atoms with van der Waals surface area (Å²) in [6.45, 7) is 0.489. The maximum atomic E-state index is 5.55. The molecule has 0 spiro atoms. The average molecular weight is 344 g/mol. The zero-order chi connectivity index (χ0) is 11.4. The Labute approximate surface area is 110 Å². The Morgan fingerprint density at radius 3 is 2.56 bits per heavy atom. The van der Waals surface area contributed by atoms with Crippen LogP contribution >= 0.6 is 31.9 Å². The fourth-order valence-electron chi connectivity index (χ4n) is 1.14. The molecular weight excluding hydrogens is 336 g/mol. The molecule has 0 radical (unpaired) electrons. The van der Waals surface area contributed by atoms with Crippen LogP contribution < -0.4 is 4.74 Å². The number of nitrogens with zero attached hydrogens (tertiary/aromatic N) is 2. The molecule has 0 fully saturated rings. The molecule has 0 saturated heterocycles. The van der Waals surface area contributed by atoms with Crippen molar-refractivity contribution in [3.8, 4) is 5.88 Å². The number of ether oxygens (including phenoxy) is 1. The fraction of sp³-hybridized carbons (Fsp3) is 0.0909. The van der Waals surface area contributed by atoms with E-state index in [0.29, 0.717) is 12.5 Å². The van der Waals surface area contributed by atoms with Crippen molar-refractivity contribution >= 4 is 31.9 Å². The summed E-state index contributed by atoms with van der Waals surface area (Å²) >= 11 is 6.71. The van der Waals surface area contributed by atoms with E-state index in [1.54, 1.807) is 6.20 Å². The first-order chi connectivity index (χ1) is 7.75. The van der Waals surface area contributed by atoms with Gasteiger partial charge in [-0.15, -0.1) is 0 Å². The van der Waals surface area contributed by atoms with Gasteiger partial charge in [-0.3, -0.25) is 0 Å². The van der Waals surface area contributed by atoms with Crippen LogP contribution in [0.3, 0.4) is 0 Å². The van der Waals surface area contributed by atoms with Crippen LogP contribution in [0, 0.1) is 0 Å². The summed E-state index contributed by atoms with van der Waals surface area (Å²) < 4.78 is 7.36.